The number of benzene rings is 1. The van der Waals surface area contributed by atoms with Gasteiger partial charge in [0.2, 0.25) is 0 Å². The zero-order valence-electron chi connectivity index (χ0n) is 21.5. The first-order valence-electron chi connectivity index (χ1n) is 12.1. The van der Waals surface area contributed by atoms with Crippen LogP contribution in [0, 0.1) is 12.3 Å². The van der Waals surface area contributed by atoms with Crippen molar-refractivity contribution < 1.29 is 19.1 Å². The molecule has 3 aromatic rings. The molecule has 1 unspecified atom stereocenters. The normalized spacial score (nSPS) is 17.3. The fraction of sp³-hybridized carbons (Fsp3) is 0.250. The number of ether oxygens (including phenoxy) is 2. The predicted molar refractivity (Wildman–Crippen MR) is 144 cm³/mol. The average molecular weight is 515 g/mol. The number of likely N-dealkylation sites (tertiary alicyclic amines) is 1. The van der Waals surface area contributed by atoms with Crippen molar-refractivity contribution in [2.75, 3.05) is 18.9 Å². The lowest BCUT2D eigenvalue weighted by atomic mass is 10.1. The molecule has 10 nitrogen and oxygen atoms in total. The van der Waals surface area contributed by atoms with Crippen LogP contribution >= 0.6 is 0 Å². The average Bonchev–Trinajstić information content (AvgIpc) is 3.22. The van der Waals surface area contributed by atoms with Crippen molar-refractivity contribution in [3.63, 3.8) is 0 Å². The molecule has 4 rings (SSSR count). The zero-order valence-corrected chi connectivity index (χ0v) is 21.5. The summed E-state index contributed by atoms with van der Waals surface area (Å²) in [5.41, 5.74) is 1.61. The summed E-state index contributed by atoms with van der Waals surface area (Å²) in [7, 11) is 1.75. The molecule has 0 bridgehead atoms. The second-order valence-corrected chi connectivity index (χ2v) is 8.93. The number of nitrogens with one attached hydrogen (secondary N) is 3. The molecule has 38 heavy (non-hydrogen) atoms. The Balaban J connectivity index is 1.39. The van der Waals surface area contributed by atoms with E-state index in [1.54, 1.807) is 57.6 Å². The van der Waals surface area contributed by atoms with Crippen molar-refractivity contribution in [2.24, 2.45) is 0 Å². The Morgan fingerprint density at radius 2 is 2.00 bits per heavy atom. The predicted octanol–water partition coefficient (Wildman–Crippen LogP) is 4.53. The third-order valence-corrected chi connectivity index (χ3v) is 6.14. The van der Waals surface area contributed by atoms with Crippen LogP contribution < -0.4 is 15.4 Å². The second-order valence-electron chi connectivity index (χ2n) is 8.93. The van der Waals surface area contributed by atoms with Gasteiger partial charge in [0.15, 0.2) is 0 Å². The van der Waals surface area contributed by atoms with Gasteiger partial charge < -0.3 is 20.2 Å². The maximum atomic E-state index is 13.0. The van der Waals surface area contributed by atoms with E-state index < -0.39 is 11.6 Å². The summed E-state index contributed by atoms with van der Waals surface area (Å²) in [5, 5.41) is 13.2. The molecule has 0 radical (unpaired) electrons. The topological polar surface area (TPSA) is 130 Å². The van der Waals surface area contributed by atoms with E-state index in [1.165, 1.54) is 6.21 Å². The van der Waals surface area contributed by atoms with Crippen LogP contribution in [-0.4, -0.2) is 52.2 Å². The number of amides is 3. The highest BCUT2D eigenvalue weighted by Crippen LogP contribution is 2.29. The molecule has 0 spiro atoms. The molecule has 1 fully saturated rings. The number of carbonyl (C=O) groups excluding carboxylic acids is 2. The van der Waals surface area contributed by atoms with Gasteiger partial charge in [0.1, 0.15) is 22.9 Å². The first-order valence-corrected chi connectivity index (χ1v) is 12.1. The molecule has 0 aliphatic carbocycles. The van der Waals surface area contributed by atoms with Gasteiger partial charge in [-0.15, -0.1) is 0 Å². The lowest BCUT2D eigenvalue weighted by Gasteiger charge is -2.23. The van der Waals surface area contributed by atoms with Gasteiger partial charge in [-0.3, -0.25) is 20.0 Å². The van der Waals surface area contributed by atoms with Crippen LogP contribution in [-0.2, 0) is 16.1 Å². The quantitative estimate of drug-likeness (QED) is 0.358. The minimum atomic E-state index is -1.07. The number of aromatic nitrogens is 2. The van der Waals surface area contributed by atoms with E-state index in [0.29, 0.717) is 40.7 Å². The molecule has 10 heteroatoms. The molecular weight excluding hydrogens is 484 g/mol. The van der Waals surface area contributed by atoms with Crippen molar-refractivity contribution in [3.05, 3.63) is 83.9 Å². The number of anilines is 1. The van der Waals surface area contributed by atoms with Crippen molar-refractivity contribution >= 4 is 29.5 Å². The monoisotopic (exact) mass is 514 g/mol. The number of nitrogens with zero attached hydrogens (tertiary/aromatic N) is 3. The Hall–Kier alpha value is -4.57. The number of carbonyl (C=O) groups is 2. The van der Waals surface area contributed by atoms with Gasteiger partial charge in [0.05, 0.1) is 18.0 Å². The molecule has 1 aromatic carbocycles. The fourth-order valence-corrected chi connectivity index (χ4v) is 3.97. The molecule has 1 atom stereocenters. The van der Waals surface area contributed by atoms with Crippen LogP contribution in [0.5, 0.6) is 11.5 Å². The van der Waals surface area contributed by atoms with E-state index in [2.05, 4.69) is 20.6 Å². The van der Waals surface area contributed by atoms with Gasteiger partial charge in [-0.25, -0.2) is 9.78 Å². The molecule has 196 valence electrons. The van der Waals surface area contributed by atoms with Gasteiger partial charge in [-0.2, -0.15) is 0 Å². The summed E-state index contributed by atoms with van der Waals surface area (Å²) in [6.45, 7) is 4.01. The third-order valence-electron chi connectivity index (χ3n) is 6.14. The van der Waals surface area contributed by atoms with Crippen LogP contribution in [0.1, 0.15) is 30.3 Å². The molecule has 3 amide bonds. The van der Waals surface area contributed by atoms with Crippen LogP contribution in [0.4, 0.5) is 10.6 Å². The van der Waals surface area contributed by atoms with Crippen LogP contribution in [0.3, 0.4) is 0 Å². The SMILES string of the molecule is CN/C=C(\C=N)c1cc(Oc2ccc(NC(=O)N3CCC(C)(OCc4ccccc4)C3=O)nc2C)ccn1. The highest BCUT2D eigenvalue weighted by atomic mass is 16.5. The van der Waals surface area contributed by atoms with Crippen molar-refractivity contribution in [2.45, 2.75) is 32.5 Å². The Labute approximate surface area is 221 Å². The highest BCUT2D eigenvalue weighted by Gasteiger charge is 2.46. The Kier molecular flexibility index (Phi) is 8.12. The minimum absolute atomic E-state index is 0.250. The van der Waals surface area contributed by atoms with Crippen molar-refractivity contribution in [1.29, 1.82) is 5.41 Å². The number of hydrogen-bond donors (Lipinski definition) is 3. The van der Waals surface area contributed by atoms with Gasteiger partial charge in [-0.05, 0) is 37.6 Å². The number of pyridine rings is 2. The standard InChI is InChI=1S/C28H30N6O4/c1-19-24(38-22-11-13-31-23(15-22)21(16-29)17-30-3)9-10-25(32-19)33-27(36)34-14-12-28(2,26(34)35)37-18-20-7-5-4-6-8-20/h4-11,13,15-17,29-30H,12,14,18H2,1-3H3,(H,32,33,36)/b21-17+,29-16?. The number of aryl methyl sites for hydroxylation is 1. The molecule has 2 aromatic heterocycles. The Morgan fingerprint density at radius 1 is 1.21 bits per heavy atom. The number of rotatable bonds is 9. The zero-order chi connectivity index (χ0) is 27.1. The fourth-order valence-electron chi connectivity index (χ4n) is 3.97. The summed E-state index contributed by atoms with van der Waals surface area (Å²) in [4.78, 5) is 35.8. The van der Waals surface area contributed by atoms with Gasteiger partial charge >= 0.3 is 6.03 Å². The number of imide groups is 1. The Bertz CT molecular complexity index is 1360. The van der Waals surface area contributed by atoms with E-state index in [0.717, 1.165) is 10.5 Å². The number of allylic oxidation sites excluding steroid dienone is 1. The molecule has 1 aliphatic heterocycles. The molecule has 0 saturated carbocycles. The van der Waals surface area contributed by atoms with Gasteiger partial charge in [0, 0.05) is 50.3 Å². The molecular formula is C28H30N6O4. The van der Waals surface area contributed by atoms with Crippen molar-refractivity contribution in [3.8, 4) is 11.5 Å². The molecule has 3 heterocycles. The van der Waals surface area contributed by atoms with E-state index in [4.69, 9.17) is 14.9 Å². The lowest BCUT2D eigenvalue weighted by Crippen LogP contribution is -2.44. The third kappa shape index (κ3) is 6.04. The summed E-state index contributed by atoms with van der Waals surface area (Å²) >= 11 is 0. The van der Waals surface area contributed by atoms with Gasteiger partial charge in [-0.1, -0.05) is 30.3 Å². The van der Waals surface area contributed by atoms with E-state index in [9.17, 15) is 9.59 Å². The lowest BCUT2D eigenvalue weighted by molar-refractivity contribution is -0.146. The van der Waals surface area contributed by atoms with E-state index in [-0.39, 0.29) is 19.1 Å². The van der Waals surface area contributed by atoms with Crippen LogP contribution in [0.15, 0.2) is 67.0 Å². The van der Waals surface area contributed by atoms with E-state index in [1.807, 2.05) is 30.3 Å². The smallest absolute Gasteiger partial charge is 0.329 e. The van der Waals surface area contributed by atoms with E-state index >= 15 is 0 Å². The summed E-state index contributed by atoms with van der Waals surface area (Å²) in [6.07, 6.45) is 4.88. The maximum Gasteiger partial charge on any atom is 0.329 e. The number of hydrogen-bond acceptors (Lipinski definition) is 8. The summed E-state index contributed by atoms with van der Waals surface area (Å²) < 4.78 is 11.9. The van der Waals surface area contributed by atoms with Gasteiger partial charge in [0.25, 0.3) is 5.91 Å². The van der Waals surface area contributed by atoms with Crippen LogP contribution in [0.2, 0.25) is 0 Å². The minimum Gasteiger partial charge on any atom is -0.455 e. The first-order chi connectivity index (χ1) is 18.3. The largest absolute Gasteiger partial charge is 0.455 e. The Morgan fingerprint density at radius 3 is 2.71 bits per heavy atom. The highest BCUT2D eigenvalue weighted by molar-refractivity contribution is 6.07. The number of urea groups is 1. The second kappa shape index (κ2) is 11.7. The molecule has 1 saturated heterocycles. The molecule has 1 aliphatic rings. The summed E-state index contributed by atoms with van der Waals surface area (Å²) in [5.74, 6) is 0.934. The summed E-state index contributed by atoms with van der Waals surface area (Å²) in [6, 6.07) is 15.8. The molecule has 3 N–H and O–H groups in total. The van der Waals surface area contributed by atoms with Crippen LogP contribution in [0.25, 0.3) is 5.57 Å². The first kappa shape index (κ1) is 26.5. The maximum absolute atomic E-state index is 13.0. The van der Waals surface area contributed by atoms with Crippen molar-refractivity contribution in [1.82, 2.24) is 20.2 Å².